The van der Waals surface area contributed by atoms with E-state index >= 15 is 0 Å². The second kappa shape index (κ2) is 7.95. The van der Waals surface area contributed by atoms with E-state index in [9.17, 15) is 0 Å². The van der Waals surface area contributed by atoms with Gasteiger partial charge in [-0.2, -0.15) is 0 Å². The SMILES string of the molecule is CNc1cc(Br)c(Sc2ccccc2)cc1Sc1ccccc1. The quantitative estimate of drug-likeness (QED) is 0.504. The molecule has 0 fully saturated rings. The molecule has 3 rings (SSSR count). The summed E-state index contributed by atoms with van der Waals surface area (Å²) in [5.41, 5.74) is 1.13. The molecule has 1 nitrogen and oxygen atoms in total. The molecule has 116 valence electrons. The zero-order valence-electron chi connectivity index (χ0n) is 12.6. The van der Waals surface area contributed by atoms with Gasteiger partial charge in [0.25, 0.3) is 0 Å². The summed E-state index contributed by atoms with van der Waals surface area (Å²) in [6.07, 6.45) is 0. The van der Waals surface area contributed by atoms with Gasteiger partial charge in [-0.25, -0.2) is 0 Å². The summed E-state index contributed by atoms with van der Waals surface area (Å²) in [5.74, 6) is 0. The second-order valence-electron chi connectivity index (χ2n) is 4.86. The summed E-state index contributed by atoms with van der Waals surface area (Å²) in [6, 6.07) is 25.3. The van der Waals surface area contributed by atoms with Gasteiger partial charge in [-0.3, -0.25) is 0 Å². The molecule has 0 aromatic heterocycles. The molecular formula is C19H16BrNS2. The standard InChI is InChI=1S/C19H16BrNS2/c1-21-17-12-16(20)18(22-14-8-4-2-5-9-14)13-19(17)23-15-10-6-3-7-11-15/h2-13,21H,1H3. The Morgan fingerprint density at radius 1 is 0.739 bits per heavy atom. The van der Waals surface area contributed by atoms with E-state index in [4.69, 9.17) is 0 Å². The fourth-order valence-corrected chi connectivity index (χ4v) is 4.66. The molecule has 0 spiro atoms. The summed E-state index contributed by atoms with van der Waals surface area (Å²) in [4.78, 5) is 4.91. The molecule has 0 aliphatic carbocycles. The Hall–Kier alpha value is -1.36. The van der Waals surface area contributed by atoms with E-state index in [1.54, 1.807) is 23.5 Å². The van der Waals surface area contributed by atoms with Crippen LogP contribution >= 0.6 is 39.5 Å². The van der Waals surface area contributed by atoms with Crippen molar-refractivity contribution in [2.75, 3.05) is 12.4 Å². The molecule has 0 unspecified atom stereocenters. The zero-order chi connectivity index (χ0) is 16.1. The Balaban J connectivity index is 1.93. The minimum absolute atomic E-state index is 1.10. The molecular weight excluding hydrogens is 386 g/mol. The molecule has 3 aromatic carbocycles. The van der Waals surface area contributed by atoms with E-state index in [-0.39, 0.29) is 0 Å². The van der Waals surface area contributed by atoms with Crippen LogP contribution in [0.1, 0.15) is 0 Å². The Labute approximate surface area is 154 Å². The van der Waals surface area contributed by atoms with Crippen LogP contribution in [0.15, 0.2) is 96.9 Å². The minimum atomic E-state index is 1.10. The van der Waals surface area contributed by atoms with Crippen molar-refractivity contribution in [1.82, 2.24) is 0 Å². The Morgan fingerprint density at radius 2 is 1.26 bits per heavy atom. The first-order valence-electron chi connectivity index (χ1n) is 7.23. The normalized spacial score (nSPS) is 10.5. The fourth-order valence-electron chi connectivity index (χ4n) is 2.12. The fraction of sp³-hybridized carbons (Fsp3) is 0.0526. The van der Waals surface area contributed by atoms with E-state index in [1.807, 2.05) is 19.2 Å². The van der Waals surface area contributed by atoms with Crippen LogP contribution < -0.4 is 5.32 Å². The molecule has 3 aromatic rings. The lowest BCUT2D eigenvalue weighted by Gasteiger charge is -2.13. The van der Waals surface area contributed by atoms with Crippen LogP contribution in [0.5, 0.6) is 0 Å². The number of nitrogens with one attached hydrogen (secondary N) is 1. The second-order valence-corrected chi connectivity index (χ2v) is 7.94. The van der Waals surface area contributed by atoms with Crippen molar-refractivity contribution < 1.29 is 0 Å². The van der Waals surface area contributed by atoms with Crippen LogP contribution in [-0.2, 0) is 0 Å². The average Bonchev–Trinajstić information content (AvgIpc) is 2.59. The lowest BCUT2D eigenvalue weighted by molar-refractivity contribution is 1.26. The van der Waals surface area contributed by atoms with Crippen molar-refractivity contribution >= 4 is 45.1 Å². The van der Waals surface area contributed by atoms with Crippen molar-refractivity contribution in [1.29, 1.82) is 0 Å². The van der Waals surface area contributed by atoms with Crippen molar-refractivity contribution in [3.63, 3.8) is 0 Å². The third kappa shape index (κ3) is 4.34. The van der Waals surface area contributed by atoms with Gasteiger partial charge in [-0.1, -0.05) is 59.9 Å². The summed E-state index contributed by atoms with van der Waals surface area (Å²) < 4.78 is 1.10. The highest BCUT2D eigenvalue weighted by Gasteiger charge is 2.10. The summed E-state index contributed by atoms with van der Waals surface area (Å²) >= 11 is 7.24. The first kappa shape index (κ1) is 16.5. The number of halogens is 1. The number of hydrogen-bond acceptors (Lipinski definition) is 3. The van der Waals surface area contributed by atoms with Gasteiger partial charge in [0.1, 0.15) is 0 Å². The van der Waals surface area contributed by atoms with Gasteiger partial charge in [-0.05, 0) is 52.3 Å². The third-order valence-corrected chi connectivity index (χ3v) is 6.30. The maximum Gasteiger partial charge on any atom is 0.0491 e. The summed E-state index contributed by atoms with van der Waals surface area (Å²) in [5, 5.41) is 3.29. The number of hydrogen-bond donors (Lipinski definition) is 1. The molecule has 0 aliphatic rings. The minimum Gasteiger partial charge on any atom is -0.387 e. The number of rotatable bonds is 5. The van der Waals surface area contributed by atoms with Gasteiger partial charge < -0.3 is 5.32 Å². The van der Waals surface area contributed by atoms with E-state index in [2.05, 4.69) is 81.9 Å². The third-order valence-electron chi connectivity index (χ3n) is 3.25. The van der Waals surface area contributed by atoms with Crippen LogP contribution in [0, 0.1) is 0 Å². The summed E-state index contributed by atoms with van der Waals surface area (Å²) in [6.45, 7) is 0. The average molecular weight is 402 g/mol. The Morgan fingerprint density at radius 3 is 1.78 bits per heavy atom. The van der Waals surface area contributed by atoms with Crippen molar-refractivity contribution in [2.24, 2.45) is 0 Å². The molecule has 1 N–H and O–H groups in total. The molecule has 0 bridgehead atoms. The predicted octanol–water partition coefficient (Wildman–Crippen LogP) is 6.79. The number of benzene rings is 3. The first-order valence-corrected chi connectivity index (χ1v) is 9.66. The monoisotopic (exact) mass is 401 g/mol. The van der Waals surface area contributed by atoms with Crippen LogP contribution in [0.2, 0.25) is 0 Å². The van der Waals surface area contributed by atoms with Gasteiger partial charge in [0.2, 0.25) is 0 Å². The van der Waals surface area contributed by atoms with Gasteiger partial charge in [-0.15, -0.1) is 0 Å². The smallest absolute Gasteiger partial charge is 0.0491 e. The predicted molar refractivity (Wildman–Crippen MR) is 105 cm³/mol. The van der Waals surface area contributed by atoms with Crippen LogP contribution in [-0.4, -0.2) is 7.05 Å². The molecule has 0 saturated carbocycles. The molecule has 0 atom stereocenters. The van der Waals surface area contributed by atoms with Crippen LogP contribution in [0.4, 0.5) is 5.69 Å². The van der Waals surface area contributed by atoms with Crippen LogP contribution in [0.3, 0.4) is 0 Å². The molecule has 0 radical (unpaired) electrons. The molecule has 23 heavy (non-hydrogen) atoms. The van der Waals surface area contributed by atoms with Gasteiger partial charge in [0, 0.05) is 36.8 Å². The van der Waals surface area contributed by atoms with Crippen molar-refractivity contribution in [2.45, 2.75) is 19.6 Å². The van der Waals surface area contributed by atoms with E-state index in [0.29, 0.717) is 0 Å². The Kier molecular flexibility index (Phi) is 5.70. The van der Waals surface area contributed by atoms with Gasteiger partial charge in [0.05, 0.1) is 0 Å². The topological polar surface area (TPSA) is 12.0 Å². The largest absolute Gasteiger partial charge is 0.387 e. The van der Waals surface area contributed by atoms with E-state index in [0.717, 1.165) is 10.2 Å². The number of anilines is 1. The highest BCUT2D eigenvalue weighted by Crippen LogP contribution is 2.41. The molecule has 0 saturated heterocycles. The van der Waals surface area contributed by atoms with Gasteiger partial charge >= 0.3 is 0 Å². The molecule has 4 heteroatoms. The lowest BCUT2D eigenvalue weighted by Crippen LogP contribution is -1.92. The highest BCUT2D eigenvalue weighted by atomic mass is 79.9. The van der Waals surface area contributed by atoms with E-state index in [1.165, 1.54) is 19.6 Å². The van der Waals surface area contributed by atoms with Crippen molar-refractivity contribution in [3.05, 3.63) is 77.3 Å². The van der Waals surface area contributed by atoms with Crippen LogP contribution in [0.25, 0.3) is 0 Å². The molecule has 0 heterocycles. The lowest BCUT2D eigenvalue weighted by atomic mass is 10.3. The highest BCUT2D eigenvalue weighted by molar-refractivity contribution is 9.10. The maximum atomic E-state index is 3.69. The maximum absolute atomic E-state index is 3.69. The molecule has 0 aliphatic heterocycles. The van der Waals surface area contributed by atoms with Gasteiger partial charge in [0.15, 0.2) is 0 Å². The zero-order valence-corrected chi connectivity index (χ0v) is 15.8. The molecule has 0 amide bonds. The van der Waals surface area contributed by atoms with E-state index < -0.39 is 0 Å². The first-order chi connectivity index (χ1) is 11.3. The summed E-state index contributed by atoms with van der Waals surface area (Å²) in [7, 11) is 1.96. The Bertz CT molecular complexity index is 776. The van der Waals surface area contributed by atoms with Crippen molar-refractivity contribution in [3.8, 4) is 0 Å².